The number of carbonyl (C=O) groups excluding carboxylic acids is 3. The van der Waals surface area contributed by atoms with Crippen molar-refractivity contribution in [1.29, 1.82) is 0 Å². The van der Waals surface area contributed by atoms with Crippen LogP contribution in [0.2, 0.25) is 0 Å². The molecule has 2 N–H and O–H groups in total. The molecule has 0 heterocycles. The van der Waals surface area contributed by atoms with Crippen molar-refractivity contribution >= 4 is 34.4 Å². The molecule has 1 fully saturated rings. The van der Waals surface area contributed by atoms with Crippen LogP contribution in [-0.2, 0) is 14.3 Å². The molecular formula is C34H43N3O4. The minimum atomic E-state index is -0.865. The minimum Gasteiger partial charge on any atom is -0.444 e. The van der Waals surface area contributed by atoms with Gasteiger partial charge in [0.2, 0.25) is 5.91 Å². The zero-order chi connectivity index (χ0) is 29.9. The van der Waals surface area contributed by atoms with Gasteiger partial charge in [-0.05, 0) is 99.4 Å². The Labute approximate surface area is 243 Å². The lowest BCUT2D eigenvalue weighted by Gasteiger charge is -2.35. The molecule has 2 unspecified atom stereocenters. The second kappa shape index (κ2) is 12.3. The molecule has 41 heavy (non-hydrogen) atoms. The topological polar surface area (TPSA) is 87.7 Å². The van der Waals surface area contributed by atoms with E-state index in [1.165, 1.54) is 0 Å². The Kier molecular flexibility index (Phi) is 9.05. The average Bonchev–Trinajstić information content (AvgIpc) is 3.72. The first-order valence-corrected chi connectivity index (χ1v) is 14.5. The number of ether oxygens (including phenoxy) is 1. The zero-order valence-corrected chi connectivity index (χ0v) is 25.3. The maximum absolute atomic E-state index is 14.3. The molecule has 0 aromatic heterocycles. The second-order valence-electron chi connectivity index (χ2n) is 12.6. The van der Waals surface area contributed by atoms with Crippen LogP contribution in [0.25, 0.3) is 10.8 Å². The van der Waals surface area contributed by atoms with Gasteiger partial charge in [-0.15, -0.1) is 0 Å². The Morgan fingerprint density at radius 1 is 0.927 bits per heavy atom. The molecule has 0 saturated heterocycles. The van der Waals surface area contributed by atoms with Gasteiger partial charge in [-0.2, -0.15) is 0 Å². The number of alkyl carbamates (subject to hydrolysis) is 1. The van der Waals surface area contributed by atoms with Gasteiger partial charge in [-0.25, -0.2) is 4.79 Å². The fraction of sp³-hybridized carbons (Fsp3) is 0.441. The molecule has 0 aliphatic heterocycles. The van der Waals surface area contributed by atoms with Gasteiger partial charge >= 0.3 is 6.09 Å². The van der Waals surface area contributed by atoms with Gasteiger partial charge in [-0.1, -0.05) is 62.4 Å². The molecule has 0 bridgehead atoms. The first kappa shape index (κ1) is 30.1. The van der Waals surface area contributed by atoms with E-state index in [-0.39, 0.29) is 23.8 Å². The summed E-state index contributed by atoms with van der Waals surface area (Å²) in [5, 5.41) is 8.01. The van der Waals surface area contributed by atoms with Crippen LogP contribution < -0.4 is 10.6 Å². The maximum Gasteiger partial charge on any atom is 0.408 e. The summed E-state index contributed by atoms with van der Waals surface area (Å²) in [7, 11) is 0. The van der Waals surface area contributed by atoms with Crippen molar-refractivity contribution in [1.82, 2.24) is 10.2 Å². The van der Waals surface area contributed by atoms with Gasteiger partial charge in [-0.3, -0.25) is 9.59 Å². The van der Waals surface area contributed by atoms with E-state index >= 15 is 0 Å². The van der Waals surface area contributed by atoms with Crippen LogP contribution in [-0.4, -0.2) is 40.5 Å². The molecule has 3 aromatic carbocycles. The number of fused-ring (bicyclic) bond motifs is 1. The number of hydrogen-bond acceptors (Lipinski definition) is 4. The van der Waals surface area contributed by atoms with Crippen LogP contribution in [0.1, 0.15) is 76.6 Å². The Morgan fingerprint density at radius 2 is 1.61 bits per heavy atom. The van der Waals surface area contributed by atoms with Crippen molar-refractivity contribution in [2.75, 3.05) is 5.32 Å². The Hall–Kier alpha value is -3.87. The third kappa shape index (κ3) is 7.87. The molecule has 218 valence electrons. The lowest BCUT2D eigenvalue weighted by molar-refractivity contribution is -0.141. The Bertz CT molecular complexity index is 1420. The van der Waals surface area contributed by atoms with E-state index in [0.717, 1.165) is 40.3 Å². The van der Waals surface area contributed by atoms with Gasteiger partial charge < -0.3 is 20.3 Å². The lowest BCUT2D eigenvalue weighted by Crippen LogP contribution is -2.53. The maximum atomic E-state index is 14.3. The smallest absolute Gasteiger partial charge is 0.408 e. The average molecular weight is 558 g/mol. The Morgan fingerprint density at radius 3 is 2.22 bits per heavy atom. The second-order valence-corrected chi connectivity index (χ2v) is 12.6. The van der Waals surface area contributed by atoms with Crippen molar-refractivity contribution in [2.45, 2.75) is 91.5 Å². The molecule has 1 saturated carbocycles. The molecular weight excluding hydrogens is 514 g/mol. The molecule has 1 aliphatic carbocycles. The predicted octanol–water partition coefficient (Wildman–Crippen LogP) is 7.07. The lowest BCUT2D eigenvalue weighted by atomic mass is 9.96. The van der Waals surface area contributed by atoms with Gasteiger partial charge in [0.1, 0.15) is 17.7 Å². The number of carbonyl (C=O) groups is 3. The first-order valence-electron chi connectivity index (χ1n) is 14.5. The molecule has 0 spiro atoms. The van der Waals surface area contributed by atoms with Gasteiger partial charge in [0.25, 0.3) is 5.91 Å². The zero-order valence-electron chi connectivity index (χ0n) is 25.3. The van der Waals surface area contributed by atoms with Crippen molar-refractivity contribution in [3.05, 3.63) is 77.4 Å². The minimum absolute atomic E-state index is 0.0911. The molecule has 7 nitrogen and oxygen atoms in total. The number of benzene rings is 3. The standard InChI is InChI=1S/C34H43N3O4/c1-21(2)18-29(36-33(40)41-34(5,6)7)32(39)37(28-16-17-28)30(26-13-12-22(3)23(4)19-26)31(38)35-27-15-14-24-10-8-9-11-25(24)20-27/h8-15,19-21,28-30H,16-18H2,1-7H3,(H,35,38)(H,36,40). The van der Waals surface area contributed by atoms with E-state index in [2.05, 4.69) is 10.6 Å². The number of amides is 3. The van der Waals surface area contributed by atoms with Crippen LogP contribution >= 0.6 is 0 Å². The van der Waals surface area contributed by atoms with E-state index in [1.807, 2.05) is 88.4 Å². The van der Waals surface area contributed by atoms with E-state index in [1.54, 1.807) is 25.7 Å². The van der Waals surface area contributed by atoms with Crippen LogP contribution in [0.15, 0.2) is 60.7 Å². The summed E-state index contributed by atoms with van der Waals surface area (Å²) in [6, 6.07) is 17.9. The highest BCUT2D eigenvalue weighted by atomic mass is 16.6. The summed E-state index contributed by atoms with van der Waals surface area (Å²) in [5.41, 5.74) is 2.85. The third-order valence-corrected chi connectivity index (χ3v) is 7.28. The Balaban J connectivity index is 1.71. The van der Waals surface area contributed by atoms with E-state index in [0.29, 0.717) is 12.1 Å². The normalized spacial score (nSPS) is 14.8. The highest BCUT2D eigenvalue weighted by molar-refractivity contribution is 6.00. The summed E-state index contributed by atoms with van der Waals surface area (Å²) < 4.78 is 5.49. The SMILES string of the molecule is Cc1ccc(C(C(=O)Nc2ccc3ccccc3c2)N(C(=O)C(CC(C)C)NC(=O)OC(C)(C)C)C2CC2)cc1C. The van der Waals surface area contributed by atoms with Crippen LogP contribution in [0, 0.1) is 19.8 Å². The quantitative estimate of drug-likeness (QED) is 0.295. The van der Waals surface area contributed by atoms with E-state index in [9.17, 15) is 14.4 Å². The number of nitrogens with one attached hydrogen (secondary N) is 2. The van der Waals surface area contributed by atoms with Crippen LogP contribution in [0.4, 0.5) is 10.5 Å². The molecule has 2 atom stereocenters. The van der Waals surface area contributed by atoms with Crippen LogP contribution in [0.3, 0.4) is 0 Å². The van der Waals surface area contributed by atoms with E-state index in [4.69, 9.17) is 4.74 Å². The number of rotatable bonds is 9. The van der Waals surface area contributed by atoms with Gasteiger partial charge in [0.05, 0.1) is 0 Å². The van der Waals surface area contributed by atoms with Gasteiger partial charge in [0.15, 0.2) is 0 Å². The molecule has 1 aliphatic rings. The summed E-state index contributed by atoms with van der Waals surface area (Å²) in [4.78, 5) is 43.0. The first-order chi connectivity index (χ1) is 19.3. The predicted molar refractivity (Wildman–Crippen MR) is 164 cm³/mol. The number of hydrogen-bond donors (Lipinski definition) is 2. The molecule has 3 amide bonds. The van der Waals surface area contributed by atoms with Crippen molar-refractivity contribution < 1.29 is 19.1 Å². The summed E-state index contributed by atoms with van der Waals surface area (Å²) in [6.07, 6.45) is 1.39. The largest absolute Gasteiger partial charge is 0.444 e. The van der Waals surface area contributed by atoms with E-state index < -0.39 is 23.8 Å². The molecule has 0 radical (unpaired) electrons. The summed E-state index contributed by atoms with van der Waals surface area (Å²) in [6.45, 7) is 13.4. The number of nitrogens with zero attached hydrogens (tertiary/aromatic N) is 1. The molecule has 4 rings (SSSR count). The van der Waals surface area contributed by atoms with Gasteiger partial charge in [0, 0.05) is 11.7 Å². The van der Waals surface area contributed by atoms with Crippen molar-refractivity contribution in [3.63, 3.8) is 0 Å². The third-order valence-electron chi connectivity index (χ3n) is 7.28. The fourth-order valence-electron chi connectivity index (χ4n) is 5.04. The molecule has 7 heteroatoms. The fourth-order valence-corrected chi connectivity index (χ4v) is 5.04. The highest BCUT2D eigenvalue weighted by Crippen LogP contribution is 2.37. The summed E-state index contributed by atoms with van der Waals surface area (Å²) >= 11 is 0. The van der Waals surface area contributed by atoms with Crippen LogP contribution in [0.5, 0.6) is 0 Å². The highest BCUT2D eigenvalue weighted by Gasteiger charge is 2.44. The number of anilines is 1. The van der Waals surface area contributed by atoms with Crippen molar-refractivity contribution in [3.8, 4) is 0 Å². The molecule has 3 aromatic rings. The monoisotopic (exact) mass is 557 g/mol. The van der Waals surface area contributed by atoms with Crippen molar-refractivity contribution in [2.24, 2.45) is 5.92 Å². The summed E-state index contributed by atoms with van der Waals surface area (Å²) in [5.74, 6) is -0.431. The number of aryl methyl sites for hydroxylation is 2.